The van der Waals surface area contributed by atoms with Gasteiger partial charge in [0.05, 0.1) is 17.4 Å². The fraction of sp³-hybridized carbons (Fsp3) is 0.375. The second kappa shape index (κ2) is 9.75. The van der Waals surface area contributed by atoms with Crippen molar-refractivity contribution in [2.45, 2.75) is 32.4 Å². The third-order valence-electron chi connectivity index (χ3n) is 4.99. The number of aliphatic hydroxyl groups is 1. The van der Waals surface area contributed by atoms with E-state index in [0.717, 1.165) is 6.54 Å². The quantitative estimate of drug-likeness (QED) is 0.399. The molecule has 1 saturated heterocycles. The third kappa shape index (κ3) is 5.11. The average molecular weight is 424 g/mol. The van der Waals surface area contributed by atoms with Crippen LogP contribution in [0.2, 0.25) is 0 Å². The minimum absolute atomic E-state index is 0.0341. The number of carbonyl (C=O) groups is 2. The lowest BCUT2D eigenvalue weighted by atomic mass is 9.98. The van der Waals surface area contributed by atoms with Gasteiger partial charge in [0.2, 0.25) is 0 Å². The van der Waals surface area contributed by atoms with Crippen LogP contribution in [0.25, 0.3) is 5.76 Å². The number of hydrogen-bond donors (Lipinski definition) is 1. The molecule has 31 heavy (non-hydrogen) atoms. The SMILES string of the molecule is CC(C)Oc1cccc(/C(O)=C2/C(=O)C(=O)N(CCCN(C)C)C2c2ccccn2)c1. The highest BCUT2D eigenvalue weighted by molar-refractivity contribution is 6.46. The number of likely N-dealkylation sites (tertiary alicyclic amines) is 1. The van der Waals surface area contributed by atoms with Crippen molar-refractivity contribution in [1.29, 1.82) is 0 Å². The normalized spacial score (nSPS) is 18.3. The Balaban J connectivity index is 2.05. The number of ether oxygens (including phenoxy) is 1. The predicted octanol–water partition coefficient (Wildman–Crippen LogP) is 3.24. The minimum atomic E-state index is -0.738. The van der Waals surface area contributed by atoms with Gasteiger partial charge in [-0.1, -0.05) is 18.2 Å². The molecule has 164 valence electrons. The number of Topliss-reactive ketones (excluding diaryl/α,β-unsaturated/α-hetero) is 1. The van der Waals surface area contributed by atoms with Crippen LogP contribution in [0.1, 0.15) is 37.6 Å². The van der Waals surface area contributed by atoms with Crippen LogP contribution in [0.5, 0.6) is 5.75 Å². The number of hydrogen-bond acceptors (Lipinski definition) is 6. The van der Waals surface area contributed by atoms with E-state index in [4.69, 9.17) is 4.74 Å². The zero-order valence-corrected chi connectivity index (χ0v) is 18.4. The number of aliphatic hydroxyl groups excluding tert-OH is 1. The van der Waals surface area contributed by atoms with Crippen LogP contribution in [0, 0.1) is 0 Å². The second-order valence-corrected chi connectivity index (χ2v) is 8.10. The summed E-state index contributed by atoms with van der Waals surface area (Å²) in [6, 6.07) is 11.5. The largest absolute Gasteiger partial charge is 0.507 e. The first-order valence-corrected chi connectivity index (χ1v) is 10.4. The molecule has 3 rings (SSSR count). The van der Waals surface area contributed by atoms with E-state index in [1.807, 2.05) is 32.8 Å². The van der Waals surface area contributed by atoms with E-state index >= 15 is 0 Å². The molecule has 7 heteroatoms. The molecule has 1 unspecified atom stereocenters. The van der Waals surface area contributed by atoms with Crippen molar-refractivity contribution in [3.63, 3.8) is 0 Å². The molecular weight excluding hydrogens is 394 g/mol. The lowest BCUT2D eigenvalue weighted by Gasteiger charge is -2.25. The molecule has 0 aliphatic carbocycles. The van der Waals surface area contributed by atoms with E-state index in [9.17, 15) is 14.7 Å². The molecule has 7 nitrogen and oxygen atoms in total. The number of pyridine rings is 1. The topological polar surface area (TPSA) is 83.0 Å². The summed E-state index contributed by atoms with van der Waals surface area (Å²) < 4.78 is 5.71. The van der Waals surface area contributed by atoms with E-state index < -0.39 is 17.7 Å². The number of nitrogens with zero attached hydrogens (tertiary/aromatic N) is 3. The van der Waals surface area contributed by atoms with Crippen molar-refractivity contribution in [3.05, 3.63) is 65.5 Å². The summed E-state index contributed by atoms with van der Waals surface area (Å²) in [4.78, 5) is 33.8. The van der Waals surface area contributed by atoms with Gasteiger partial charge in [0, 0.05) is 18.3 Å². The summed E-state index contributed by atoms with van der Waals surface area (Å²) in [7, 11) is 3.91. The van der Waals surface area contributed by atoms with Crippen LogP contribution in [-0.4, -0.2) is 64.9 Å². The summed E-state index contributed by atoms with van der Waals surface area (Å²) >= 11 is 0. The van der Waals surface area contributed by atoms with Gasteiger partial charge in [-0.25, -0.2) is 0 Å². The molecule has 0 spiro atoms. The van der Waals surface area contributed by atoms with E-state index in [0.29, 0.717) is 30.0 Å². The number of carbonyl (C=O) groups excluding carboxylic acids is 2. The molecule has 1 atom stereocenters. The smallest absolute Gasteiger partial charge is 0.295 e. The maximum absolute atomic E-state index is 13.0. The van der Waals surface area contributed by atoms with Crippen LogP contribution in [-0.2, 0) is 9.59 Å². The molecule has 1 N–H and O–H groups in total. The Hall–Kier alpha value is -3.19. The highest BCUT2D eigenvalue weighted by Gasteiger charge is 2.46. The molecular formula is C24H29N3O4. The van der Waals surface area contributed by atoms with Crippen molar-refractivity contribution < 1.29 is 19.4 Å². The van der Waals surface area contributed by atoms with Crippen molar-refractivity contribution in [3.8, 4) is 5.75 Å². The zero-order chi connectivity index (χ0) is 22.5. The first kappa shape index (κ1) is 22.5. The van der Waals surface area contributed by atoms with Crippen LogP contribution in [0.15, 0.2) is 54.2 Å². The monoisotopic (exact) mass is 423 g/mol. The molecule has 1 fully saturated rings. The predicted molar refractivity (Wildman–Crippen MR) is 119 cm³/mol. The highest BCUT2D eigenvalue weighted by atomic mass is 16.5. The zero-order valence-electron chi connectivity index (χ0n) is 18.4. The fourth-order valence-corrected chi connectivity index (χ4v) is 3.66. The van der Waals surface area contributed by atoms with Gasteiger partial charge in [-0.3, -0.25) is 14.6 Å². The van der Waals surface area contributed by atoms with Crippen LogP contribution in [0.3, 0.4) is 0 Å². The fourth-order valence-electron chi connectivity index (χ4n) is 3.66. The maximum atomic E-state index is 13.0. The molecule has 1 aromatic carbocycles. The highest BCUT2D eigenvalue weighted by Crippen LogP contribution is 2.39. The van der Waals surface area contributed by atoms with Crippen molar-refractivity contribution >= 4 is 17.4 Å². The molecule has 0 bridgehead atoms. The van der Waals surface area contributed by atoms with Gasteiger partial charge >= 0.3 is 0 Å². The Bertz CT molecular complexity index is 970. The van der Waals surface area contributed by atoms with Gasteiger partial charge in [0.15, 0.2) is 0 Å². The van der Waals surface area contributed by atoms with Gasteiger partial charge in [-0.2, -0.15) is 0 Å². The van der Waals surface area contributed by atoms with E-state index in [1.165, 1.54) is 4.90 Å². The summed E-state index contributed by atoms with van der Waals surface area (Å²) in [5.74, 6) is -0.967. The van der Waals surface area contributed by atoms with Crippen molar-refractivity contribution in [2.24, 2.45) is 0 Å². The number of rotatable bonds is 8. The lowest BCUT2D eigenvalue weighted by Crippen LogP contribution is -2.32. The number of amides is 1. The third-order valence-corrected chi connectivity index (χ3v) is 4.99. The minimum Gasteiger partial charge on any atom is -0.507 e. The molecule has 0 radical (unpaired) electrons. The molecule has 1 aliphatic heterocycles. The number of aromatic nitrogens is 1. The molecule has 1 aliphatic rings. The first-order valence-electron chi connectivity index (χ1n) is 10.4. The molecule has 1 aromatic heterocycles. The standard InChI is InChI=1S/C24H29N3O4/c1-16(2)31-18-10-7-9-17(15-18)22(28)20-21(19-11-5-6-12-25-19)27(24(30)23(20)29)14-8-13-26(3)4/h5-7,9-12,15-16,21,28H,8,13-14H2,1-4H3/b22-20-. The Morgan fingerprint density at radius 2 is 1.97 bits per heavy atom. The van der Waals surface area contributed by atoms with E-state index in [2.05, 4.69) is 4.98 Å². The summed E-state index contributed by atoms with van der Waals surface area (Å²) in [6.45, 7) is 4.98. The van der Waals surface area contributed by atoms with E-state index in [-0.39, 0.29) is 17.4 Å². The van der Waals surface area contributed by atoms with Crippen molar-refractivity contribution in [2.75, 3.05) is 27.2 Å². The van der Waals surface area contributed by atoms with Gasteiger partial charge in [-0.15, -0.1) is 0 Å². The van der Waals surface area contributed by atoms with Gasteiger partial charge < -0.3 is 19.6 Å². The molecule has 0 saturated carbocycles. The van der Waals surface area contributed by atoms with Crippen LogP contribution in [0.4, 0.5) is 0 Å². The summed E-state index contributed by atoms with van der Waals surface area (Å²) in [5, 5.41) is 11.1. The average Bonchev–Trinajstić information content (AvgIpc) is 2.98. The number of benzene rings is 1. The Kier molecular flexibility index (Phi) is 7.07. The second-order valence-electron chi connectivity index (χ2n) is 8.10. The van der Waals surface area contributed by atoms with E-state index in [1.54, 1.807) is 48.7 Å². The maximum Gasteiger partial charge on any atom is 0.295 e. The Morgan fingerprint density at radius 3 is 2.61 bits per heavy atom. The first-order chi connectivity index (χ1) is 14.8. The Morgan fingerprint density at radius 1 is 1.19 bits per heavy atom. The molecule has 2 heterocycles. The van der Waals surface area contributed by atoms with Gasteiger partial charge in [0.1, 0.15) is 17.6 Å². The number of ketones is 1. The lowest BCUT2D eigenvalue weighted by molar-refractivity contribution is -0.140. The summed E-state index contributed by atoms with van der Waals surface area (Å²) in [6.07, 6.45) is 2.28. The summed E-state index contributed by atoms with van der Waals surface area (Å²) in [5.41, 5.74) is 1.02. The molecule has 1 amide bonds. The van der Waals surface area contributed by atoms with Gasteiger partial charge in [-0.05, 0) is 65.2 Å². The molecule has 2 aromatic rings. The van der Waals surface area contributed by atoms with Crippen LogP contribution < -0.4 is 4.74 Å². The Labute approximate surface area is 183 Å². The van der Waals surface area contributed by atoms with Crippen LogP contribution >= 0.6 is 0 Å². The van der Waals surface area contributed by atoms with Crippen molar-refractivity contribution in [1.82, 2.24) is 14.8 Å². The van der Waals surface area contributed by atoms with Gasteiger partial charge in [0.25, 0.3) is 11.7 Å².